The summed E-state index contributed by atoms with van der Waals surface area (Å²) in [5.41, 5.74) is 4.34. The highest BCUT2D eigenvalue weighted by molar-refractivity contribution is 9.10. The van der Waals surface area contributed by atoms with Gasteiger partial charge in [0.1, 0.15) is 11.5 Å². The van der Waals surface area contributed by atoms with Gasteiger partial charge in [-0.15, -0.1) is 10.2 Å². The van der Waals surface area contributed by atoms with E-state index >= 15 is 0 Å². The topological polar surface area (TPSA) is 85.3 Å². The first-order chi connectivity index (χ1) is 15.1. The van der Waals surface area contributed by atoms with Gasteiger partial charge in [0.15, 0.2) is 11.0 Å². The number of aryl methyl sites for hydroxylation is 1. The summed E-state index contributed by atoms with van der Waals surface area (Å²) in [4.78, 5) is 12.2. The minimum Gasteiger partial charge on any atom is -0.460 e. The van der Waals surface area contributed by atoms with Crippen LogP contribution >= 0.6 is 27.7 Å². The Kier molecular flexibility index (Phi) is 6.63. The molecule has 4 rings (SSSR count). The second-order valence-electron chi connectivity index (χ2n) is 6.51. The van der Waals surface area contributed by atoms with E-state index in [9.17, 15) is 4.79 Å². The summed E-state index contributed by atoms with van der Waals surface area (Å²) in [5.74, 6) is 1.95. The fourth-order valence-corrected chi connectivity index (χ4v) is 3.82. The van der Waals surface area contributed by atoms with Crippen molar-refractivity contribution in [3.05, 3.63) is 82.7 Å². The maximum atomic E-state index is 12.2. The second-order valence-corrected chi connectivity index (χ2v) is 8.37. The van der Waals surface area contributed by atoms with Crippen LogP contribution < -0.4 is 5.43 Å². The second kappa shape index (κ2) is 9.76. The third kappa shape index (κ3) is 5.31. The lowest BCUT2D eigenvalue weighted by molar-refractivity contribution is -0.118. The van der Waals surface area contributed by atoms with Crippen LogP contribution in [0.2, 0.25) is 0 Å². The third-order valence-corrected chi connectivity index (χ3v) is 5.68. The van der Waals surface area contributed by atoms with Gasteiger partial charge in [-0.2, -0.15) is 5.10 Å². The molecule has 4 aromatic rings. The van der Waals surface area contributed by atoms with Crippen LogP contribution in [0.4, 0.5) is 0 Å². The summed E-state index contributed by atoms with van der Waals surface area (Å²) >= 11 is 4.75. The summed E-state index contributed by atoms with van der Waals surface area (Å²) in [6.07, 6.45) is 1.47. The molecule has 2 aromatic carbocycles. The van der Waals surface area contributed by atoms with E-state index in [-0.39, 0.29) is 11.7 Å². The summed E-state index contributed by atoms with van der Waals surface area (Å²) in [6, 6.07) is 21.3. The Labute approximate surface area is 191 Å². The van der Waals surface area contributed by atoms with Gasteiger partial charge in [-0.1, -0.05) is 58.0 Å². The summed E-state index contributed by atoms with van der Waals surface area (Å²) in [6.45, 7) is 1.85. The SMILES string of the molecule is Cc1ccc(/C=N\NC(=O)CSc2nnc(-c3ccc(Br)cc3)n2-c2ccccc2)o1. The maximum Gasteiger partial charge on any atom is 0.250 e. The lowest BCUT2D eigenvalue weighted by atomic mass is 10.2. The largest absolute Gasteiger partial charge is 0.460 e. The van der Waals surface area contributed by atoms with Crippen molar-refractivity contribution in [3.8, 4) is 17.1 Å². The van der Waals surface area contributed by atoms with Crippen LogP contribution in [-0.2, 0) is 4.79 Å². The molecule has 0 aliphatic carbocycles. The normalized spacial score (nSPS) is 11.2. The summed E-state index contributed by atoms with van der Waals surface area (Å²) < 4.78 is 8.31. The number of rotatable bonds is 7. The van der Waals surface area contributed by atoms with Gasteiger partial charge in [0.2, 0.25) is 0 Å². The first-order valence-corrected chi connectivity index (χ1v) is 11.2. The molecule has 1 amide bonds. The first-order valence-electron chi connectivity index (χ1n) is 9.38. The van der Waals surface area contributed by atoms with Gasteiger partial charge >= 0.3 is 0 Å². The highest BCUT2D eigenvalue weighted by Gasteiger charge is 2.17. The number of halogens is 1. The molecule has 0 saturated carbocycles. The Bertz CT molecular complexity index is 1200. The number of amides is 1. The molecule has 7 nitrogen and oxygen atoms in total. The van der Waals surface area contributed by atoms with Crippen LogP contribution in [0.15, 0.2) is 85.9 Å². The minimum absolute atomic E-state index is 0.139. The smallest absolute Gasteiger partial charge is 0.250 e. The monoisotopic (exact) mass is 495 g/mol. The van der Waals surface area contributed by atoms with Crippen LogP contribution in [-0.4, -0.2) is 32.6 Å². The van der Waals surface area contributed by atoms with E-state index in [1.165, 1.54) is 18.0 Å². The zero-order valence-electron chi connectivity index (χ0n) is 16.5. The van der Waals surface area contributed by atoms with Gasteiger partial charge in [-0.3, -0.25) is 9.36 Å². The van der Waals surface area contributed by atoms with E-state index in [1.807, 2.05) is 72.2 Å². The molecule has 0 fully saturated rings. The zero-order valence-corrected chi connectivity index (χ0v) is 18.9. The number of hydrogen-bond donors (Lipinski definition) is 1. The molecule has 9 heteroatoms. The molecule has 0 unspecified atom stereocenters. The fourth-order valence-electron chi connectivity index (χ4n) is 2.81. The maximum absolute atomic E-state index is 12.2. The van der Waals surface area contributed by atoms with Crippen molar-refractivity contribution in [3.63, 3.8) is 0 Å². The Morgan fingerprint density at radius 3 is 2.61 bits per heavy atom. The number of carbonyl (C=O) groups excluding carboxylic acids is 1. The van der Waals surface area contributed by atoms with Gasteiger partial charge in [0, 0.05) is 15.7 Å². The van der Waals surface area contributed by atoms with Crippen LogP contribution in [0.25, 0.3) is 17.1 Å². The van der Waals surface area contributed by atoms with Gasteiger partial charge in [0.25, 0.3) is 5.91 Å². The van der Waals surface area contributed by atoms with Crippen molar-refractivity contribution < 1.29 is 9.21 Å². The average molecular weight is 496 g/mol. The molecule has 31 heavy (non-hydrogen) atoms. The lowest BCUT2D eigenvalue weighted by Gasteiger charge is -2.10. The Morgan fingerprint density at radius 1 is 1.13 bits per heavy atom. The van der Waals surface area contributed by atoms with E-state index < -0.39 is 0 Å². The molecule has 0 radical (unpaired) electrons. The minimum atomic E-state index is -0.252. The predicted molar refractivity (Wildman–Crippen MR) is 124 cm³/mol. The number of hydrazone groups is 1. The Morgan fingerprint density at radius 2 is 1.90 bits per heavy atom. The van der Waals surface area contributed by atoms with E-state index in [0.29, 0.717) is 16.7 Å². The van der Waals surface area contributed by atoms with Crippen LogP contribution in [0, 0.1) is 6.92 Å². The molecule has 0 aliphatic rings. The van der Waals surface area contributed by atoms with Crippen molar-refractivity contribution in [1.29, 1.82) is 0 Å². The molecule has 0 aliphatic heterocycles. The lowest BCUT2D eigenvalue weighted by Crippen LogP contribution is -2.19. The zero-order chi connectivity index (χ0) is 21.6. The van der Waals surface area contributed by atoms with Gasteiger partial charge in [-0.05, 0) is 43.3 Å². The van der Waals surface area contributed by atoms with Crippen molar-refractivity contribution in [2.24, 2.45) is 5.10 Å². The Balaban J connectivity index is 1.50. The van der Waals surface area contributed by atoms with Crippen molar-refractivity contribution in [2.45, 2.75) is 12.1 Å². The molecule has 0 saturated heterocycles. The van der Waals surface area contributed by atoms with Crippen LogP contribution in [0.1, 0.15) is 11.5 Å². The van der Waals surface area contributed by atoms with Crippen molar-refractivity contribution in [1.82, 2.24) is 20.2 Å². The number of aromatic nitrogens is 3. The number of carbonyl (C=O) groups is 1. The van der Waals surface area contributed by atoms with Crippen LogP contribution in [0.3, 0.4) is 0 Å². The van der Waals surface area contributed by atoms with Crippen LogP contribution in [0.5, 0.6) is 0 Å². The number of para-hydroxylation sites is 1. The van der Waals surface area contributed by atoms with E-state index in [4.69, 9.17) is 4.42 Å². The number of benzene rings is 2. The molecule has 1 N–H and O–H groups in total. The molecule has 156 valence electrons. The average Bonchev–Trinajstić information content (AvgIpc) is 3.39. The molecule has 2 heterocycles. The number of furan rings is 1. The molecule has 0 spiro atoms. The molecule has 2 aromatic heterocycles. The van der Waals surface area contributed by atoms with Crippen molar-refractivity contribution >= 4 is 39.8 Å². The summed E-state index contributed by atoms with van der Waals surface area (Å²) in [5, 5.41) is 13.2. The fraction of sp³-hybridized carbons (Fsp3) is 0.0909. The predicted octanol–water partition coefficient (Wildman–Crippen LogP) is 4.84. The van der Waals surface area contributed by atoms with Crippen molar-refractivity contribution in [2.75, 3.05) is 5.75 Å². The number of nitrogens with zero attached hydrogens (tertiary/aromatic N) is 4. The van der Waals surface area contributed by atoms with Gasteiger partial charge in [-0.25, -0.2) is 5.43 Å². The van der Waals surface area contributed by atoms with E-state index in [2.05, 4.69) is 36.7 Å². The Hall–Kier alpha value is -3.17. The molecular weight excluding hydrogens is 478 g/mol. The first kappa shape index (κ1) is 21.1. The van der Waals surface area contributed by atoms with Gasteiger partial charge < -0.3 is 4.42 Å². The molecular formula is C22H18BrN5O2S. The quantitative estimate of drug-likeness (QED) is 0.225. The molecule has 0 atom stereocenters. The summed E-state index contributed by atoms with van der Waals surface area (Å²) in [7, 11) is 0. The molecule has 0 bridgehead atoms. The van der Waals surface area contributed by atoms with E-state index in [1.54, 1.807) is 6.07 Å². The highest BCUT2D eigenvalue weighted by Crippen LogP contribution is 2.28. The number of nitrogens with one attached hydrogen (secondary N) is 1. The number of hydrogen-bond acceptors (Lipinski definition) is 6. The van der Waals surface area contributed by atoms with Gasteiger partial charge in [0.05, 0.1) is 12.0 Å². The number of thioether (sulfide) groups is 1. The van der Waals surface area contributed by atoms with E-state index in [0.717, 1.165) is 21.5 Å². The third-order valence-electron chi connectivity index (χ3n) is 4.22. The highest BCUT2D eigenvalue weighted by atomic mass is 79.9. The standard InChI is InChI=1S/C22H18BrN5O2S/c1-15-7-12-19(30-15)13-24-25-20(29)14-31-22-27-26-21(16-8-10-17(23)11-9-16)28(22)18-5-3-2-4-6-18/h2-13H,14H2,1H3,(H,25,29)/b24-13-.